The summed E-state index contributed by atoms with van der Waals surface area (Å²) in [5.41, 5.74) is 1.99. The van der Waals surface area contributed by atoms with Gasteiger partial charge < -0.3 is 9.47 Å². The van der Waals surface area contributed by atoms with E-state index in [9.17, 15) is 0 Å². The van der Waals surface area contributed by atoms with Gasteiger partial charge in [0, 0.05) is 24.0 Å². The summed E-state index contributed by atoms with van der Waals surface area (Å²) in [4.78, 5) is 8.79. The van der Waals surface area contributed by atoms with Gasteiger partial charge >= 0.3 is 0 Å². The van der Waals surface area contributed by atoms with Gasteiger partial charge in [0.25, 0.3) is 0 Å². The molecule has 1 aromatic rings. The van der Waals surface area contributed by atoms with E-state index >= 15 is 0 Å². The summed E-state index contributed by atoms with van der Waals surface area (Å²) in [6.07, 6.45) is 3.48. The molecule has 0 spiro atoms. The summed E-state index contributed by atoms with van der Waals surface area (Å²) in [6, 6.07) is 2.11. The van der Waals surface area contributed by atoms with Crippen molar-refractivity contribution < 1.29 is 9.47 Å². The van der Waals surface area contributed by atoms with Crippen molar-refractivity contribution in [1.82, 2.24) is 4.98 Å². The average Bonchev–Trinajstić information content (AvgIpc) is 2.31. The summed E-state index contributed by atoms with van der Waals surface area (Å²) < 4.78 is 11.5. The van der Waals surface area contributed by atoms with Crippen LogP contribution in [0, 0.1) is 3.57 Å². The molecule has 0 saturated heterocycles. The number of aliphatic imine (C=N–C) groups is 1. The molecule has 5 heteroatoms. The van der Waals surface area contributed by atoms with Crippen molar-refractivity contribution >= 4 is 34.6 Å². The first-order valence-electron chi connectivity index (χ1n) is 5.03. The Labute approximate surface area is 108 Å². The van der Waals surface area contributed by atoms with Crippen LogP contribution in [0.15, 0.2) is 11.1 Å². The fourth-order valence-electron chi connectivity index (χ4n) is 1.68. The molecule has 1 aliphatic rings. The first-order chi connectivity index (χ1) is 7.76. The Bertz CT molecular complexity index is 417. The Morgan fingerprint density at radius 2 is 2.12 bits per heavy atom. The fraction of sp³-hybridized carbons (Fsp3) is 0.455. The summed E-state index contributed by atoms with van der Waals surface area (Å²) >= 11 is 2.25. The quantitative estimate of drug-likeness (QED) is 0.631. The molecule has 0 aliphatic carbocycles. The van der Waals surface area contributed by atoms with Crippen molar-refractivity contribution in [1.29, 1.82) is 0 Å². The van der Waals surface area contributed by atoms with Crippen LogP contribution in [-0.2, 0) is 15.9 Å². The van der Waals surface area contributed by atoms with Crippen molar-refractivity contribution in [3.63, 3.8) is 0 Å². The third kappa shape index (κ3) is 2.26. The highest BCUT2D eigenvalue weighted by Crippen LogP contribution is 2.29. The predicted molar refractivity (Wildman–Crippen MR) is 70.2 cm³/mol. The molecule has 0 radical (unpaired) electrons. The van der Waals surface area contributed by atoms with Crippen LogP contribution in [0.1, 0.15) is 24.0 Å². The second-order valence-electron chi connectivity index (χ2n) is 3.49. The van der Waals surface area contributed by atoms with Crippen molar-refractivity contribution in [2.24, 2.45) is 4.99 Å². The maximum absolute atomic E-state index is 5.22. The van der Waals surface area contributed by atoms with E-state index in [1.54, 1.807) is 14.2 Å². The molecule has 86 valence electrons. The minimum Gasteiger partial charge on any atom is -0.350 e. The van der Waals surface area contributed by atoms with Crippen LogP contribution in [0.5, 0.6) is 0 Å². The number of pyridine rings is 1. The highest BCUT2D eigenvalue weighted by Gasteiger charge is 2.18. The van der Waals surface area contributed by atoms with Gasteiger partial charge in [0.15, 0.2) is 5.82 Å². The standard InChI is InChI=1S/C11H13IN2O2/c1-15-11(16-2)9-8(12)6-7-4-3-5-13-10(7)14-9/h5-6,11H,3-4H2,1-2H3. The van der Waals surface area contributed by atoms with Crippen LogP contribution in [0.3, 0.4) is 0 Å². The molecule has 0 unspecified atom stereocenters. The maximum atomic E-state index is 5.22. The number of nitrogens with zero attached hydrogens (tertiary/aromatic N) is 2. The van der Waals surface area contributed by atoms with E-state index < -0.39 is 6.29 Å². The molecule has 1 aliphatic heterocycles. The lowest BCUT2D eigenvalue weighted by Crippen LogP contribution is -2.10. The van der Waals surface area contributed by atoms with Gasteiger partial charge in [0.05, 0.1) is 0 Å². The van der Waals surface area contributed by atoms with E-state index in [-0.39, 0.29) is 0 Å². The zero-order valence-electron chi connectivity index (χ0n) is 9.24. The Hall–Kier alpha value is -0.530. The second-order valence-corrected chi connectivity index (χ2v) is 4.65. The molecule has 2 rings (SSSR count). The average molecular weight is 332 g/mol. The smallest absolute Gasteiger partial charge is 0.201 e. The van der Waals surface area contributed by atoms with Gasteiger partial charge in [0.1, 0.15) is 5.69 Å². The zero-order valence-corrected chi connectivity index (χ0v) is 11.4. The summed E-state index contributed by atoms with van der Waals surface area (Å²) in [6.45, 7) is 0. The molecule has 16 heavy (non-hydrogen) atoms. The molecule has 0 fully saturated rings. The van der Waals surface area contributed by atoms with Gasteiger partial charge in [-0.25, -0.2) is 9.98 Å². The van der Waals surface area contributed by atoms with E-state index in [2.05, 4.69) is 38.6 Å². The third-order valence-electron chi connectivity index (χ3n) is 2.47. The number of hydrogen-bond acceptors (Lipinski definition) is 4. The zero-order chi connectivity index (χ0) is 11.5. The number of halogens is 1. The Morgan fingerprint density at radius 1 is 1.38 bits per heavy atom. The molecule has 0 atom stereocenters. The topological polar surface area (TPSA) is 43.7 Å². The highest BCUT2D eigenvalue weighted by atomic mass is 127. The summed E-state index contributed by atoms with van der Waals surface area (Å²) in [5, 5.41) is 0. The Kier molecular flexibility index (Phi) is 3.88. The lowest BCUT2D eigenvalue weighted by Gasteiger charge is -2.17. The van der Waals surface area contributed by atoms with Crippen molar-refractivity contribution in [3.05, 3.63) is 20.9 Å². The Morgan fingerprint density at radius 3 is 2.81 bits per heavy atom. The molecule has 4 nitrogen and oxygen atoms in total. The molecule has 2 heterocycles. The number of rotatable bonds is 3. The van der Waals surface area contributed by atoms with Crippen molar-refractivity contribution in [2.75, 3.05) is 14.2 Å². The largest absolute Gasteiger partial charge is 0.350 e. The minimum atomic E-state index is -0.422. The molecule has 0 N–H and O–H groups in total. The van der Waals surface area contributed by atoms with Crippen LogP contribution >= 0.6 is 22.6 Å². The SMILES string of the molecule is COC(OC)c1nc2c(cc1I)CCC=N2. The van der Waals surface area contributed by atoms with Gasteiger partial charge in [-0.05, 0) is 47.1 Å². The third-order valence-corrected chi connectivity index (χ3v) is 3.33. The van der Waals surface area contributed by atoms with Crippen LogP contribution in [-0.4, -0.2) is 25.4 Å². The van der Waals surface area contributed by atoms with Gasteiger partial charge in [-0.1, -0.05) is 0 Å². The van der Waals surface area contributed by atoms with Crippen LogP contribution in [0.4, 0.5) is 5.82 Å². The molecular weight excluding hydrogens is 319 g/mol. The van der Waals surface area contributed by atoms with Gasteiger partial charge in [-0.2, -0.15) is 0 Å². The monoisotopic (exact) mass is 332 g/mol. The van der Waals surface area contributed by atoms with E-state index in [1.165, 1.54) is 5.56 Å². The van der Waals surface area contributed by atoms with Gasteiger partial charge in [-0.3, -0.25) is 0 Å². The minimum absolute atomic E-state index is 0.422. The van der Waals surface area contributed by atoms with Gasteiger partial charge in [0.2, 0.25) is 6.29 Å². The number of methoxy groups -OCH3 is 2. The van der Waals surface area contributed by atoms with E-state index in [0.29, 0.717) is 0 Å². The molecule has 1 aromatic heterocycles. The second kappa shape index (κ2) is 5.20. The van der Waals surface area contributed by atoms with E-state index in [1.807, 2.05) is 6.21 Å². The molecule has 0 bridgehead atoms. The molecule has 0 amide bonds. The predicted octanol–water partition coefficient (Wildman–Crippen LogP) is 2.63. The molecule has 0 aromatic carbocycles. The van der Waals surface area contributed by atoms with Crippen LogP contribution < -0.4 is 0 Å². The number of hydrogen-bond donors (Lipinski definition) is 0. The number of aryl methyl sites for hydroxylation is 1. The fourth-order valence-corrected chi connectivity index (χ4v) is 2.43. The van der Waals surface area contributed by atoms with E-state index in [4.69, 9.17) is 9.47 Å². The maximum Gasteiger partial charge on any atom is 0.201 e. The summed E-state index contributed by atoms with van der Waals surface area (Å²) in [5.74, 6) is 0.792. The Balaban J connectivity index is 2.44. The van der Waals surface area contributed by atoms with Crippen molar-refractivity contribution in [3.8, 4) is 0 Å². The van der Waals surface area contributed by atoms with Crippen LogP contribution in [0.2, 0.25) is 0 Å². The summed E-state index contributed by atoms with van der Waals surface area (Å²) in [7, 11) is 3.21. The van der Waals surface area contributed by atoms with Crippen molar-refractivity contribution in [2.45, 2.75) is 19.1 Å². The highest BCUT2D eigenvalue weighted by molar-refractivity contribution is 14.1. The molecule has 0 saturated carbocycles. The first kappa shape index (κ1) is 11.9. The van der Waals surface area contributed by atoms with Crippen LogP contribution in [0.25, 0.3) is 0 Å². The first-order valence-corrected chi connectivity index (χ1v) is 6.11. The lowest BCUT2D eigenvalue weighted by atomic mass is 10.1. The number of ether oxygens (including phenoxy) is 2. The molecular formula is C11H13IN2O2. The number of aromatic nitrogens is 1. The van der Waals surface area contributed by atoms with Gasteiger partial charge in [-0.15, -0.1) is 0 Å². The number of fused-ring (bicyclic) bond motifs is 1. The van der Waals surface area contributed by atoms with E-state index in [0.717, 1.165) is 27.9 Å². The normalized spacial score (nSPS) is 14.2. The lowest BCUT2D eigenvalue weighted by molar-refractivity contribution is -0.109.